The van der Waals surface area contributed by atoms with Crippen molar-refractivity contribution in [1.82, 2.24) is 5.32 Å². The summed E-state index contributed by atoms with van der Waals surface area (Å²) in [6.07, 6.45) is 2.42. The second-order valence-corrected chi connectivity index (χ2v) is 4.76. The summed E-state index contributed by atoms with van der Waals surface area (Å²) >= 11 is 6.28. The monoisotopic (exact) mass is 239 g/mol. The van der Waals surface area contributed by atoms with E-state index in [-0.39, 0.29) is 0 Å². The van der Waals surface area contributed by atoms with Gasteiger partial charge in [0.25, 0.3) is 0 Å². The summed E-state index contributed by atoms with van der Waals surface area (Å²) in [6.45, 7) is 6.17. The third kappa shape index (κ3) is 2.50. The topological polar surface area (TPSA) is 21.3 Å². The van der Waals surface area contributed by atoms with Crippen molar-refractivity contribution in [2.24, 2.45) is 0 Å². The van der Waals surface area contributed by atoms with Crippen molar-refractivity contribution in [3.8, 4) is 5.75 Å². The molecule has 16 heavy (non-hydrogen) atoms. The van der Waals surface area contributed by atoms with Crippen LogP contribution in [0.2, 0.25) is 5.02 Å². The minimum Gasteiger partial charge on any atom is -0.489 e. The van der Waals surface area contributed by atoms with Crippen molar-refractivity contribution in [3.05, 3.63) is 28.3 Å². The van der Waals surface area contributed by atoms with Crippen LogP contribution < -0.4 is 10.1 Å². The van der Waals surface area contributed by atoms with Gasteiger partial charge in [0.1, 0.15) is 11.9 Å². The van der Waals surface area contributed by atoms with Crippen LogP contribution in [0.5, 0.6) is 5.75 Å². The van der Waals surface area contributed by atoms with Crippen LogP contribution in [-0.4, -0.2) is 19.2 Å². The largest absolute Gasteiger partial charge is 0.489 e. The zero-order valence-electron chi connectivity index (χ0n) is 9.85. The highest BCUT2D eigenvalue weighted by atomic mass is 35.5. The van der Waals surface area contributed by atoms with Crippen LogP contribution in [0.15, 0.2) is 12.1 Å². The van der Waals surface area contributed by atoms with Crippen LogP contribution in [-0.2, 0) is 0 Å². The van der Waals surface area contributed by atoms with Crippen molar-refractivity contribution in [3.63, 3.8) is 0 Å². The molecular formula is C13H18ClNO. The number of hydrogen-bond acceptors (Lipinski definition) is 2. The van der Waals surface area contributed by atoms with Crippen molar-refractivity contribution in [2.75, 3.05) is 13.1 Å². The van der Waals surface area contributed by atoms with E-state index in [1.165, 1.54) is 5.56 Å². The van der Waals surface area contributed by atoms with Crippen molar-refractivity contribution in [1.29, 1.82) is 0 Å². The standard InChI is InChI=1S/C13H18ClNO/c1-9-3-4-12(13(14)10(9)2)16-11-5-7-15-8-6-11/h3-4,11,15H,5-8H2,1-2H3. The molecule has 1 aliphatic heterocycles. The summed E-state index contributed by atoms with van der Waals surface area (Å²) in [5.41, 5.74) is 2.33. The van der Waals surface area contributed by atoms with Crippen LogP contribution in [0.4, 0.5) is 0 Å². The van der Waals surface area contributed by atoms with Gasteiger partial charge >= 0.3 is 0 Å². The van der Waals surface area contributed by atoms with E-state index in [0.29, 0.717) is 6.10 Å². The van der Waals surface area contributed by atoms with E-state index in [4.69, 9.17) is 16.3 Å². The molecule has 2 rings (SSSR count). The lowest BCUT2D eigenvalue weighted by Crippen LogP contribution is -2.34. The average molecular weight is 240 g/mol. The number of halogens is 1. The lowest BCUT2D eigenvalue weighted by molar-refractivity contribution is 0.162. The number of piperidine rings is 1. The highest BCUT2D eigenvalue weighted by Crippen LogP contribution is 2.31. The number of aryl methyl sites for hydroxylation is 1. The maximum absolute atomic E-state index is 6.28. The van der Waals surface area contributed by atoms with Gasteiger partial charge < -0.3 is 10.1 Å². The Bertz CT molecular complexity index is 372. The molecule has 1 N–H and O–H groups in total. The molecule has 1 aromatic rings. The highest BCUT2D eigenvalue weighted by molar-refractivity contribution is 6.32. The molecule has 1 aliphatic rings. The molecule has 88 valence electrons. The number of rotatable bonds is 2. The van der Waals surface area contributed by atoms with Gasteiger partial charge in [-0.25, -0.2) is 0 Å². The van der Waals surface area contributed by atoms with Crippen molar-refractivity contribution < 1.29 is 4.74 Å². The van der Waals surface area contributed by atoms with Gasteiger partial charge in [0.15, 0.2) is 0 Å². The molecule has 0 spiro atoms. The Morgan fingerprint density at radius 3 is 2.62 bits per heavy atom. The normalized spacial score (nSPS) is 17.4. The van der Waals surface area contributed by atoms with Crippen LogP contribution in [0, 0.1) is 13.8 Å². The van der Waals surface area contributed by atoms with E-state index in [2.05, 4.69) is 18.3 Å². The Balaban J connectivity index is 2.11. The first-order valence-corrected chi connectivity index (χ1v) is 6.19. The van der Waals surface area contributed by atoms with Gasteiger partial charge in [-0.3, -0.25) is 0 Å². The zero-order valence-corrected chi connectivity index (χ0v) is 10.6. The van der Waals surface area contributed by atoms with E-state index in [9.17, 15) is 0 Å². The Hall–Kier alpha value is -0.730. The Morgan fingerprint density at radius 2 is 1.94 bits per heavy atom. The van der Waals surface area contributed by atoms with Crippen LogP contribution >= 0.6 is 11.6 Å². The lowest BCUT2D eigenvalue weighted by atomic mass is 10.1. The maximum Gasteiger partial charge on any atom is 0.138 e. The SMILES string of the molecule is Cc1ccc(OC2CCNCC2)c(Cl)c1C. The predicted molar refractivity (Wildman–Crippen MR) is 67.4 cm³/mol. The molecule has 1 saturated heterocycles. The third-order valence-electron chi connectivity index (χ3n) is 3.20. The van der Waals surface area contributed by atoms with Gasteiger partial charge in [0.05, 0.1) is 5.02 Å². The molecule has 0 unspecified atom stereocenters. The van der Waals surface area contributed by atoms with Gasteiger partial charge in [0, 0.05) is 0 Å². The predicted octanol–water partition coefficient (Wildman–Crippen LogP) is 3.09. The molecular weight excluding hydrogens is 222 g/mol. The number of nitrogens with one attached hydrogen (secondary N) is 1. The number of hydrogen-bond donors (Lipinski definition) is 1. The lowest BCUT2D eigenvalue weighted by Gasteiger charge is -2.24. The summed E-state index contributed by atoms with van der Waals surface area (Å²) in [5, 5.41) is 4.09. The van der Waals surface area contributed by atoms with Crippen LogP contribution in [0.3, 0.4) is 0 Å². The minimum absolute atomic E-state index is 0.306. The first kappa shape index (κ1) is 11.7. The molecule has 0 amide bonds. The molecule has 2 nitrogen and oxygen atoms in total. The molecule has 0 saturated carbocycles. The first-order chi connectivity index (χ1) is 7.68. The molecule has 0 atom stereocenters. The van der Waals surface area contributed by atoms with Crippen LogP contribution in [0.1, 0.15) is 24.0 Å². The second-order valence-electron chi connectivity index (χ2n) is 4.39. The third-order valence-corrected chi connectivity index (χ3v) is 3.67. The Morgan fingerprint density at radius 1 is 1.25 bits per heavy atom. The quantitative estimate of drug-likeness (QED) is 0.857. The summed E-state index contributed by atoms with van der Waals surface area (Å²) in [4.78, 5) is 0. The van der Waals surface area contributed by atoms with Crippen molar-refractivity contribution >= 4 is 11.6 Å². The Kier molecular flexibility index (Phi) is 3.72. The van der Waals surface area contributed by atoms with E-state index in [1.807, 2.05) is 13.0 Å². The molecule has 3 heteroatoms. The zero-order chi connectivity index (χ0) is 11.5. The summed E-state index contributed by atoms with van der Waals surface area (Å²) in [6, 6.07) is 4.05. The summed E-state index contributed by atoms with van der Waals surface area (Å²) < 4.78 is 5.95. The molecule has 1 aromatic carbocycles. The molecule has 0 radical (unpaired) electrons. The van der Waals surface area contributed by atoms with Crippen LogP contribution in [0.25, 0.3) is 0 Å². The molecule has 1 fully saturated rings. The Labute approximate surface area is 102 Å². The fraction of sp³-hybridized carbons (Fsp3) is 0.538. The van der Waals surface area contributed by atoms with E-state index >= 15 is 0 Å². The van der Waals surface area contributed by atoms with E-state index < -0.39 is 0 Å². The van der Waals surface area contributed by atoms with Gasteiger partial charge in [-0.2, -0.15) is 0 Å². The summed E-state index contributed by atoms with van der Waals surface area (Å²) in [7, 11) is 0. The van der Waals surface area contributed by atoms with E-state index in [1.54, 1.807) is 0 Å². The highest BCUT2D eigenvalue weighted by Gasteiger charge is 2.16. The maximum atomic E-state index is 6.28. The van der Waals surface area contributed by atoms with Crippen molar-refractivity contribution in [2.45, 2.75) is 32.8 Å². The van der Waals surface area contributed by atoms with Gasteiger partial charge in [-0.05, 0) is 57.0 Å². The molecule has 0 aromatic heterocycles. The number of ether oxygens (including phenoxy) is 1. The first-order valence-electron chi connectivity index (χ1n) is 5.81. The second kappa shape index (κ2) is 5.07. The minimum atomic E-state index is 0.306. The number of benzene rings is 1. The average Bonchev–Trinajstić information content (AvgIpc) is 2.31. The fourth-order valence-electron chi connectivity index (χ4n) is 1.94. The van der Waals surface area contributed by atoms with Gasteiger partial charge in [-0.15, -0.1) is 0 Å². The molecule has 0 aliphatic carbocycles. The molecule has 1 heterocycles. The van der Waals surface area contributed by atoms with Gasteiger partial charge in [-0.1, -0.05) is 17.7 Å². The van der Waals surface area contributed by atoms with E-state index in [0.717, 1.165) is 42.3 Å². The fourth-order valence-corrected chi connectivity index (χ4v) is 2.20. The smallest absolute Gasteiger partial charge is 0.138 e. The molecule has 0 bridgehead atoms. The van der Waals surface area contributed by atoms with Gasteiger partial charge in [0.2, 0.25) is 0 Å². The summed E-state index contributed by atoms with van der Waals surface area (Å²) in [5.74, 6) is 0.830.